The molecule has 0 heterocycles. The fourth-order valence-corrected chi connectivity index (χ4v) is 1.33. The highest BCUT2D eigenvalue weighted by molar-refractivity contribution is 5.62. The Morgan fingerprint density at radius 3 is 2.07 bits per heavy atom. The summed E-state index contributed by atoms with van der Waals surface area (Å²) in [7, 11) is 0. The smallest absolute Gasteiger partial charge is 0.0499 e. The Morgan fingerprint density at radius 1 is 0.643 bits per heavy atom. The molecule has 0 amide bonds. The number of halogens is 1. The molecule has 14 heavy (non-hydrogen) atoms. The maximum absolute atomic E-state index is 2.12. The first-order chi connectivity index (χ1) is 6.47. The first kappa shape index (κ1) is 10.9. The highest BCUT2D eigenvalue weighted by Crippen LogP contribution is 2.16. The van der Waals surface area contributed by atoms with Crippen molar-refractivity contribution in [1.82, 2.24) is 0 Å². The molecule has 2 aromatic rings. The third kappa shape index (κ3) is 2.64. The topological polar surface area (TPSA) is 0 Å². The van der Waals surface area contributed by atoms with Crippen LogP contribution < -0.4 is 17.0 Å². The van der Waals surface area contributed by atoms with E-state index in [2.05, 4.69) is 48.5 Å². The molecule has 0 saturated carbocycles. The Bertz CT molecular complexity index is 369. The Kier molecular flexibility index (Phi) is 4.27. The van der Waals surface area contributed by atoms with Crippen molar-refractivity contribution in [3.8, 4) is 11.1 Å². The van der Waals surface area contributed by atoms with E-state index in [9.17, 15) is 0 Å². The molecule has 0 saturated heterocycles. The van der Waals surface area contributed by atoms with E-state index in [1.54, 1.807) is 0 Å². The summed E-state index contributed by atoms with van der Waals surface area (Å²) >= 11 is 0. The van der Waals surface area contributed by atoms with Crippen LogP contribution in [0.25, 0.3) is 11.1 Å². The van der Waals surface area contributed by atoms with E-state index in [1.165, 1.54) is 11.1 Å². The molecule has 0 aliphatic heterocycles. The van der Waals surface area contributed by atoms with E-state index < -0.39 is 0 Å². The summed E-state index contributed by atoms with van der Waals surface area (Å²) in [6.07, 6.45) is 0. The van der Waals surface area contributed by atoms with Crippen LogP contribution >= 0.6 is 0 Å². The van der Waals surface area contributed by atoms with E-state index in [0.29, 0.717) is 0 Å². The molecule has 0 unspecified atom stereocenters. The van der Waals surface area contributed by atoms with Gasteiger partial charge in [-0.05, 0) is 5.56 Å². The molecule has 0 N–H and O–H groups in total. The summed E-state index contributed by atoms with van der Waals surface area (Å²) in [6.45, 7) is 0. The lowest BCUT2D eigenvalue weighted by Gasteiger charge is -1.92. The van der Waals surface area contributed by atoms with Gasteiger partial charge in [0.05, 0.1) is 0 Å². The Hall–Kier alpha value is -1.21. The van der Waals surface area contributed by atoms with Crippen molar-refractivity contribution in [3.63, 3.8) is 0 Å². The summed E-state index contributed by atoms with van der Waals surface area (Å²) in [5, 5.41) is 0. The monoisotopic (exact) mass is 246 g/mol. The third-order valence-corrected chi connectivity index (χ3v) is 1.99. The van der Waals surface area contributed by atoms with Gasteiger partial charge in [-0.1, -0.05) is 30.3 Å². The van der Waals surface area contributed by atoms with Crippen LogP contribution in [-0.2, 0) is 0 Å². The van der Waals surface area contributed by atoms with Gasteiger partial charge < -0.3 is 17.0 Å². The average molecular weight is 247 g/mol. The van der Waals surface area contributed by atoms with Gasteiger partial charge in [0.15, 0.2) is 0 Å². The maximum Gasteiger partial charge on any atom is 0.0499 e. The van der Waals surface area contributed by atoms with Gasteiger partial charge in [0.1, 0.15) is 0 Å². The summed E-state index contributed by atoms with van der Waals surface area (Å²) < 4.78 is 0. The molecular weight excluding hydrogens is 236 g/mol. The fourth-order valence-electron chi connectivity index (χ4n) is 1.33. The molecular formula is C13H11Br. The van der Waals surface area contributed by atoms with E-state index in [0.717, 1.165) is 0 Å². The quantitative estimate of drug-likeness (QED) is 0.649. The van der Waals surface area contributed by atoms with Gasteiger partial charge in [0.2, 0.25) is 0 Å². The number of hydrogen-bond acceptors (Lipinski definition) is 0. The van der Waals surface area contributed by atoms with Crippen molar-refractivity contribution in [2.45, 2.75) is 0 Å². The van der Waals surface area contributed by atoms with Crippen LogP contribution in [0.3, 0.4) is 0 Å². The minimum Gasteiger partial charge on any atom is -1.00 e. The lowest BCUT2D eigenvalue weighted by molar-refractivity contribution is -0.00000252. The van der Waals surface area contributed by atoms with Crippen molar-refractivity contribution in [2.24, 2.45) is 0 Å². The van der Waals surface area contributed by atoms with Crippen LogP contribution in [0.2, 0.25) is 0 Å². The molecule has 0 atom stereocenters. The van der Waals surface area contributed by atoms with E-state index in [-0.39, 0.29) is 17.0 Å². The van der Waals surface area contributed by atoms with Crippen molar-refractivity contribution >= 4 is 0 Å². The second-order valence-corrected chi connectivity index (χ2v) is 2.92. The van der Waals surface area contributed by atoms with Crippen LogP contribution in [-0.4, -0.2) is 0 Å². The molecule has 0 aliphatic carbocycles. The van der Waals surface area contributed by atoms with Crippen LogP contribution in [0.4, 0.5) is 0 Å². The van der Waals surface area contributed by atoms with Crippen molar-refractivity contribution in [2.75, 3.05) is 0 Å². The Morgan fingerprint density at radius 2 is 1.29 bits per heavy atom. The summed E-state index contributed by atoms with van der Waals surface area (Å²) in [5.74, 6) is 0. The first-order valence-corrected chi connectivity index (χ1v) is 4.40. The molecule has 2 rings (SSSR count). The minimum atomic E-state index is 0. The van der Waals surface area contributed by atoms with Crippen LogP contribution in [0.15, 0.2) is 66.7 Å². The predicted octanol–water partition coefficient (Wildman–Crippen LogP) is 0.639. The van der Waals surface area contributed by atoms with Gasteiger partial charge in [-0.3, -0.25) is 0 Å². The van der Waals surface area contributed by atoms with Crippen molar-refractivity contribution < 1.29 is 17.0 Å². The van der Waals surface area contributed by atoms with Crippen LogP contribution in [0, 0.1) is 0 Å². The molecule has 0 aromatic heterocycles. The van der Waals surface area contributed by atoms with Gasteiger partial charge in [-0.2, -0.15) is 0 Å². The molecule has 0 fully saturated rings. The fraction of sp³-hybridized carbons (Fsp3) is 0. The second kappa shape index (κ2) is 5.51. The zero-order valence-electron chi connectivity index (χ0n) is 7.73. The maximum atomic E-state index is 2.12. The Balaban J connectivity index is 0.000000980. The first-order valence-electron chi connectivity index (χ1n) is 4.40. The zero-order chi connectivity index (χ0) is 8.93. The normalized spacial score (nSPS) is 8.86. The lowest BCUT2D eigenvalue weighted by Crippen LogP contribution is -3.00. The summed E-state index contributed by atoms with van der Waals surface area (Å²) in [4.78, 5) is 0. The van der Waals surface area contributed by atoms with E-state index in [4.69, 9.17) is 0 Å². The predicted molar refractivity (Wildman–Crippen MR) is 56.3 cm³/mol. The molecule has 2 aromatic carbocycles. The highest BCUT2D eigenvalue weighted by Gasteiger charge is 1.95. The lowest BCUT2D eigenvalue weighted by atomic mass is 10.1. The van der Waals surface area contributed by atoms with E-state index >= 15 is 0 Å². The largest absolute Gasteiger partial charge is 1.00 e. The second-order valence-electron chi connectivity index (χ2n) is 2.92. The van der Waals surface area contributed by atoms with Crippen LogP contribution in [0.1, 0.15) is 0 Å². The van der Waals surface area contributed by atoms with Gasteiger partial charge in [-0.25, -0.2) is 0 Å². The molecule has 0 radical (unpaired) electrons. The van der Waals surface area contributed by atoms with Crippen LogP contribution in [0.5, 0.6) is 0 Å². The number of hydrogen-bond donors (Lipinski definition) is 0. The van der Waals surface area contributed by atoms with Gasteiger partial charge in [0.25, 0.3) is 0 Å². The average Bonchev–Trinajstić information content (AvgIpc) is 2.47. The van der Waals surface area contributed by atoms with Gasteiger partial charge in [-0.15, -0.1) is 0 Å². The van der Waals surface area contributed by atoms with Crippen molar-refractivity contribution in [1.29, 1.82) is 0 Å². The molecule has 0 bridgehead atoms. The van der Waals surface area contributed by atoms with Gasteiger partial charge in [0, 0.05) is 42.0 Å². The Labute approximate surface area is 95.0 Å². The third-order valence-electron chi connectivity index (χ3n) is 1.99. The SMILES string of the molecule is [Br-].c1ccc(-c2ccc[cH+]cc2)cc1. The zero-order valence-corrected chi connectivity index (χ0v) is 9.31. The number of rotatable bonds is 1. The number of benzene rings is 1. The van der Waals surface area contributed by atoms with E-state index in [1.807, 2.05) is 18.2 Å². The highest BCUT2D eigenvalue weighted by atomic mass is 79.9. The van der Waals surface area contributed by atoms with Gasteiger partial charge >= 0.3 is 0 Å². The molecule has 1 heteroatoms. The molecule has 70 valence electrons. The minimum absolute atomic E-state index is 0. The standard InChI is InChI=1S/C13H11.BrH/c1-2-5-9-12(8-4-1)13-10-6-3-7-11-13;/h1-11H;1H/q+1;/p-1. The van der Waals surface area contributed by atoms with Crippen molar-refractivity contribution in [3.05, 3.63) is 66.7 Å². The molecule has 0 spiro atoms. The summed E-state index contributed by atoms with van der Waals surface area (Å²) in [6, 6.07) is 22.8. The summed E-state index contributed by atoms with van der Waals surface area (Å²) in [5.41, 5.74) is 2.52. The molecule has 0 aliphatic rings. The molecule has 0 nitrogen and oxygen atoms in total.